The summed E-state index contributed by atoms with van der Waals surface area (Å²) in [5, 5.41) is 2.67. The summed E-state index contributed by atoms with van der Waals surface area (Å²) in [7, 11) is 0. The van der Waals surface area contributed by atoms with Gasteiger partial charge in [0.1, 0.15) is 6.61 Å². The topological polar surface area (TPSA) is 82.8 Å². The first kappa shape index (κ1) is 15.4. The number of anilines is 2. The first-order valence-electron chi connectivity index (χ1n) is 5.77. The predicted octanol–water partition coefficient (Wildman–Crippen LogP) is 1.78. The van der Waals surface area contributed by atoms with Crippen LogP contribution in [-0.2, 0) is 9.53 Å². The highest BCUT2D eigenvalue weighted by molar-refractivity contribution is 5.95. The fourth-order valence-electron chi connectivity index (χ4n) is 1.56. The third-order valence-electron chi connectivity index (χ3n) is 2.40. The van der Waals surface area contributed by atoms with Gasteiger partial charge in [0.15, 0.2) is 11.5 Å². The van der Waals surface area contributed by atoms with Gasteiger partial charge >= 0.3 is 0 Å². The Morgan fingerprint density at radius 1 is 1.42 bits per heavy atom. The SMILES string of the molecule is CCCOCC(=O)Nc1cc2c(cc1N)OCO2.Cl. The molecular formula is C12H17ClN2O4. The van der Waals surface area contributed by atoms with E-state index in [-0.39, 0.29) is 31.7 Å². The van der Waals surface area contributed by atoms with Crippen LogP contribution >= 0.6 is 12.4 Å². The second kappa shape index (κ2) is 7.06. The molecule has 1 aromatic rings. The van der Waals surface area contributed by atoms with Gasteiger partial charge in [-0.05, 0) is 6.42 Å². The number of nitrogens with two attached hydrogens (primary N) is 1. The molecule has 1 amide bonds. The van der Waals surface area contributed by atoms with Crippen molar-refractivity contribution in [2.75, 3.05) is 31.1 Å². The number of nitrogens with one attached hydrogen (secondary N) is 1. The average Bonchev–Trinajstić information content (AvgIpc) is 2.77. The molecule has 0 fully saturated rings. The van der Waals surface area contributed by atoms with Crippen LogP contribution in [0.4, 0.5) is 11.4 Å². The van der Waals surface area contributed by atoms with Crippen LogP contribution in [0.3, 0.4) is 0 Å². The lowest BCUT2D eigenvalue weighted by Crippen LogP contribution is -2.19. The molecule has 0 saturated heterocycles. The Morgan fingerprint density at radius 3 is 2.79 bits per heavy atom. The van der Waals surface area contributed by atoms with Crippen molar-refractivity contribution >= 4 is 29.7 Å². The minimum Gasteiger partial charge on any atom is -0.454 e. The maximum atomic E-state index is 11.6. The van der Waals surface area contributed by atoms with Crippen molar-refractivity contribution in [3.8, 4) is 11.5 Å². The molecule has 7 heteroatoms. The van der Waals surface area contributed by atoms with Gasteiger partial charge < -0.3 is 25.3 Å². The van der Waals surface area contributed by atoms with Crippen LogP contribution in [0.15, 0.2) is 12.1 Å². The van der Waals surface area contributed by atoms with Gasteiger partial charge in [0.05, 0.1) is 11.4 Å². The van der Waals surface area contributed by atoms with Gasteiger partial charge in [0.2, 0.25) is 12.7 Å². The third kappa shape index (κ3) is 3.90. The minimum atomic E-state index is -0.242. The molecule has 0 bridgehead atoms. The molecule has 0 spiro atoms. The maximum Gasteiger partial charge on any atom is 0.250 e. The van der Waals surface area contributed by atoms with Crippen molar-refractivity contribution in [3.05, 3.63) is 12.1 Å². The van der Waals surface area contributed by atoms with Gasteiger partial charge in [-0.15, -0.1) is 12.4 Å². The Morgan fingerprint density at radius 2 is 2.11 bits per heavy atom. The molecule has 106 valence electrons. The molecule has 1 aliphatic rings. The largest absolute Gasteiger partial charge is 0.454 e. The zero-order valence-electron chi connectivity index (χ0n) is 10.6. The number of carbonyl (C=O) groups excluding carboxylic acids is 1. The van der Waals surface area contributed by atoms with Crippen LogP contribution in [0.2, 0.25) is 0 Å². The van der Waals surface area contributed by atoms with Crippen molar-refractivity contribution in [1.29, 1.82) is 0 Å². The molecule has 0 aromatic heterocycles. The summed E-state index contributed by atoms with van der Waals surface area (Å²) in [6, 6.07) is 3.28. The monoisotopic (exact) mass is 288 g/mol. The zero-order valence-corrected chi connectivity index (χ0v) is 11.4. The molecule has 0 atom stereocenters. The summed E-state index contributed by atoms with van der Waals surface area (Å²) in [5.74, 6) is 0.927. The number of hydrogen-bond donors (Lipinski definition) is 2. The van der Waals surface area contributed by atoms with Crippen LogP contribution < -0.4 is 20.5 Å². The number of fused-ring (bicyclic) bond motifs is 1. The summed E-state index contributed by atoms with van der Waals surface area (Å²) in [6.45, 7) is 2.73. The van der Waals surface area contributed by atoms with E-state index in [1.807, 2.05) is 6.92 Å². The van der Waals surface area contributed by atoms with E-state index in [0.717, 1.165) is 6.42 Å². The summed E-state index contributed by atoms with van der Waals surface area (Å²) >= 11 is 0. The number of halogens is 1. The summed E-state index contributed by atoms with van der Waals surface area (Å²) < 4.78 is 15.5. The third-order valence-corrected chi connectivity index (χ3v) is 2.40. The van der Waals surface area contributed by atoms with Gasteiger partial charge in [-0.1, -0.05) is 6.92 Å². The number of rotatable bonds is 5. The highest BCUT2D eigenvalue weighted by Crippen LogP contribution is 2.38. The van der Waals surface area contributed by atoms with Crippen molar-refractivity contribution in [3.63, 3.8) is 0 Å². The van der Waals surface area contributed by atoms with E-state index in [1.54, 1.807) is 12.1 Å². The molecular weight excluding hydrogens is 272 g/mol. The number of ether oxygens (including phenoxy) is 3. The van der Waals surface area contributed by atoms with E-state index >= 15 is 0 Å². The number of amides is 1. The first-order valence-corrected chi connectivity index (χ1v) is 5.77. The van der Waals surface area contributed by atoms with Crippen molar-refractivity contribution < 1.29 is 19.0 Å². The van der Waals surface area contributed by atoms with Gasteiger partial charge in [-0.25, -0.2) is 0 Å². The second-order valence-electron chi connectivity index (χ2n) is 3.89. The van der Waals surface area contributed by atoms with E-state index < -0.39 is 0 Å². The van der Waals surface area contributed by atoms with Crippen LogP contribution in [0.5, 0.6) is 11.5 Å². The van der Waals surface area contributed by atoms with E-state index in [9.17, 15) is 4.79 Å². The molecule has 0 saturated carbocycles. The van der Waals surface area contributed by atoms with Crippen LogP contribution in [0, 0.1) is 0 Å². The lowest BCUT2D eigenvalue weighted by Gasteiger charge is -2.09. The molecule has 0 radical (unpaired) electrons. The lowest BCUT2D eigenvalue weighted by atomic mass is 10.2. The predicted molar refractivity (Wildman–Crippen MR) is 74.0 cm³/mol. The van der Waals surface area contributed by atoms with Crippen molar-refractivity contribution in [1.82, 2.24) is 0 Å². The van der Waals surface area contributed by atoms with Crippen molar-refractivity contribution in [2.45, 2.75) is 13.3 Å². The minimum absolute atomic E-state index is 0. The summed E-state index contributed by atoms with van der Waals surface area (Å²) in [6.07, 6.45) is 0.874. The quantitative estimate of drug-likeness (QED) is 0.637. The molecule has 0 unspecified atom stereocenters. The van der Waals surface area contributed by atoms with Gasteiger partial charge in [-0.2, -0.15) is 0 Å². The van der Waals surface area contributed by atoms with E-state index in [1.165, 1.54) is 0 Å². The average molecular weight is 289 g/mol. The fourth-order valence-corrected chi connectivity index (χ4v) is 1.56. The Labute approximate surface area is 117 Å². The van der Waals surface area contributed by atoms with Gasteiger partial charge in [-0.3, -0.25) is 4.79 Å². The molecule has 0 aliphatic carbocycles. The standard InChI is InChI=1S/C12H16N2O4.ClH/c1-2-3-16-6-12(15)14-9-5-11-10(4-8(9)13)17-7-18-11;/h4-5H,2-3,6-7,13H2,1H3,(H,14,15);1H. The van der Waals surface area contributed by atoms with E-state index in [2.05, 4.69) is 5.32 Å². The molecule has 1 aromatic carbocycles. The molecule has 6 nitrogen and oxygen atoms in total. The maximum absolute atomic E-state index is 11.6. The highest BCUT2D eigenvalue weighted by Gasteiger charge is 2.17. The highest BCUT2D eigenvalue weighted by atomic mass is 35.5. The summed E-state index contributed by atoms with van der Waals surface area (Å²) in [4.78, 5) is 11.6. The van der Waals surface area contributed by atoms with Gasteiger partial charge in [0, 0.05) is 18.7 Å². The van der Waals surface area contributed by atoms with E-state index in [4.69, 9.17) is 19.9 Å². The zero-order chi connectivity index (χ0) is 13.0. The second-order valence-corrected chi connectivity index (χ2v) is 3.89. The lowest BCUT2D eigenvalue weighted by molar-refractivity contribution is -0.120. The smallest absolute Gasteiger partial charge is 0.250 e. The van der Waals surface area contributed by atoms with Crippen LogP contribution in [0.1, 0.15) is 13.3 Å². The molecule has 3 N–H and O–H groups in total. The Balaban J connectivity index is 0.00000180. The molecule has 19 heavy (non-hydrogen) atoms. The number of carbonyl (C=O) groups is 1. The Bertz CT molecular complexity index is 454. The first-order chi connectivity index (χ1) is 8.70. The van der Waals surface area contributed by atoms with Gasteiger partial charge in [0.25, 0.3) is 0 Å². The molecule has 1 aliphatic heterocycles. The molecule has 1 heterocycles. The van der Waals surface area contributed by atoms with Crippen molar-refractivity contribution in [2.24, 2.45) is 0 Å². The number of hydrogen-bond acceptors (Lipinski definition) is 5. The Hall–Kier alpha value is -1.66. The number of benzene rings is 1. The van der Waals surface area contributed by atoms with Crippen LogP contribution in [-0.4, -0.2) is 25.9 Å². The normalized spacial score (nSPS) is 11.8. The van der Waals surface area contributed by atoms with Crippen LogP contribution in [0.25, 0.3) is 0 Å². The fraction of sp³-hybridized carbons (Fsp3) is 0.417. The summed E-state index contributed by atoms with van der Waals surface area (Å²) in [5.41, 5.74) is 6.74. The Kier molecular flexibility index (Phi) is 5.72. The molecule has 2 rings (SSSR count). The van der Waals surface area contributed by atoms with E-state index in [0.29, 0.717) is 29.5 Å². The number of nitrogen functional groups attached to an aromatic ring is 1.